The molecule has 0 bridgehead atoms. The van der Waals surface area contributed by atoms with Crippen LogP contribution in [0.5, 0.6) is 0 Å². The molecule has 0 saturated carbocycles. The third-order valence-corrected chi connectivity index (χ3v) is 6.76. The molecule has 74 valence electrons. The van der Waals surface area contributed by atoms with Crippen molar-refractivity contribution in [2.24, 2.45) is 0 Å². The first-order chi connectivity index (χ1) is 5.17. The van der Waals surface area contributed by atoms with Gasteiger partial charge < -0.3 is 9.08 Å². The summed E-state index contributed by atoms with van der Waals surface area (Å²) < 4.78 is 25.4. The molecule has 0 aliphatic heterocycles. The van der Waals surface area contributed by atoms with Crippen molar-refractivity contribution in [2.45, 2.75) is 38.9 Å². The van der Waals surface area contributed by atoms with Crippen LogP contribution in [0.3, 0.4) is 0 Å². The Morgan fingerprint density at radius 2 is 1.83 bits per heavy atom. The zero-order valence-corrected chi connectivity index (χ0v) is 9.95. The molecule has 0 amide bonds. The van der Waals surface area contributed by atoms with Crippen molar-refractivity contribution in [3.05, 3.63) is 0 Å². The molecule has 0 rings (SSSR count). The minimum Gasteiger partial charge on any atom is -0.758 e. The van der Waals surface area contributed by atoms with Crippen LogP contribution in [0.4, 0.5) is 0 Å². The maximum atomic E-state index is 10.2. The van der Waals surface area contributed by atoms with E-state index in [1.807, 2.05) is 38.8 Å². The smallest absolute Gasteiger partial charge is 0.221 e. The van der Waals surface area contributed by atoms with E-state index in [1.54, 1.807) is 0 Å². The van der Waals surface area contributed by atoms with E-state index in [1.165, 1.54) is 0 Å². The lowest BCUT2D eigenvalue weighted by Gasteiger charge is -2.35. The van der Waals surface area contributed by atoms with Crippen LogP contribution in [0.15, 0.2) is 0 Å². The van der Waals surface area contributed by atoms with E-state index < -0.39 is 19.6 Å². The minimum absolute atomic E-state index is 0.0133. The first kappa shape index (κ1) is 12.2. The van der Waals surface area contributed by atoms with Crippen LogP contribution >= 0.6 is 0 Å². The van der Waals surface area contributed by atoms with E-state index in [9.17, 15) is 8.76 Å². The molecule has 12 heavy (non-hydrogen) atoms. The monoisotopic (exact) mass is 210 g/mol. The molecule has 0 aromatic carbocycles. The predicted octanol–water partition coefficient (Wildman–Crippen LogP) is 1.31. The summed E-state index contributed by atoms with van der Waals surface area (Å²) in [6.45, 7) is 10.0. The summed E-state index contributed by atoms with van der Waals surface area (Å²) >= 11 is -2.33. The van der Waals surface area contributed by atoms with Crippen molar-refractivity contribution in [1.82, 2.24) is 4.89 Å². The van der Waals surface area contributed by atoms with Crippen molar-refractivity contribution in [3.63, 3.8) is 0 Å². The van der Waals surface area contributed by atoms with Gasteiger partial charge in [-0.3, -0.25) is 4.21 Å². The maximum Gasteiger partial charge on any atom is 0.221 e. The Kier molecular flexibility index (Phi) is 4.05. The summed E-state index contributed by atoms with van der Waals surface area (Å²) in [6.07, 6.45) is 0. The van der Waals surface area contributed by atoms with Gasteiger partial charge in [0.2, 0.25) is 8.32 Å². The summed E-state index contributed by atoms with van der Waals surface area (Å²) in [7, 11) is -1.97. The van der Waals surface area contributed by atoms with E-state index in [0.717, 1.165) is 0 Å². The average Bonchev–Trinajstić information content (AvgIpc) is 1.81. The zero-order valence-electron chi connectivity index (χ0n) is 8.13. The van der Waals surface area contributed by atoms with Crippen LogP contribution in [0.25, 0.3) is 0 Å². The second-order valence-electron chi connectivity index (χ2n) is 4.18. The summed E-state index contributed by atoms with van der Waals surface area (Å²) in [5.74, 6) is 0. The highest BCUT2D eigenvalue weighted by Crippen LogP contribution is 2.35. The Bertz CT molecular complexity index is 178. The maximum absolute atomic E-state index is 10.2. The molecule has 0 fully saturated rings. The number of nitrogens with one attached hydrogen (secondary N) is 1. The Morgan fingerprint density at radius 3 is 2.08 bits per heavy atom. The zero-order chi connectivity index (χ0) is 9.99. The van der Waals surface area contributed by atoms with Gasteiger partial charge in [-0.25, -0.2) is 0 Å². The van der Waals surface area contributed by atoms with Gasteiger partial charge in [0.25, 0.3) is 0 Å². The van der Waals surface area contributed by atoms with Crippen molar-refractivity contribution < 1.29 is 13.3 Å². The SMILES string of the molecule is CC(C)(C)[Si](C)(C)ONS(=O)[O-]. The Hall–Kier alpha value is 0.247. The van der Waals surface area contributed by atoms with Crippen molar-refractivity contribution in [1.29, 1.82) is 0 Å². The molecule has 1 N–H and O–H groups in total. The Balaban J connectivity index is 4.14. The first-order valence-electron chi connectivity index (χ1n) is 3.70. The predicted molar refractivity (Wildman–Crippen MR) is 50.3 cm³/mol. The van der Waals surface area contributed by atoms with Crippen LogP contribution in [0.2, 0.25) is 18.1 Å². The quantitative estimate of drug-likeness (QED) is 0.434. The largest absolute Gasteiger partial charge is 0.758 e. The fourth-order valence-corrected chi connectivity index (χ4v) is 1.70. The Morgan fingerprint density at radius 1 is 1.42 bits per heavy atom. The van der Waals surface area contributed by atoms with Crippen LogP contribution in [-0.2, 0) is 15.8 Å². The van der Waals surface area contributed by atoms with E-state index in [2.05, 4.69) is 0 Å². The lowest BCUT2D eigenvalue weighted by molar-refractivity contribution is 0.237. The fourth-order valence-electron chi connectivity index (χ4n) is 0.291. The molecular weight excluding hydrogens is 194 g/mol. The number of hydrogen-bond donors (Lipinski definition) is 1. The van der Waals surface area contributed by atoms with Crippen LogP contribution in [0.1, 0.15) is 20.8 Å². The highest BCUT2D eigenvalue weighted by molar-refractivity contribution is 7.76. The highest BCUT2D eigenvalue weighted by Gasteiger charge is 2.38. The molecule has 0 aliphatic rings. The van der Waals surface area contributed by atoms with Gasteiger partial charge in [0, 0.05) is 11.3 Å². The molecule has 1 unspecified atom stereocenters. The normalized spacial score (nSPS) is 16.2. The molecule has 0 saturated heterocycles. The van der Waals surface area contributed by atoms with E-state index in [4.69, 9.17) is 4.53 Å². The number of rotatable bonds is 3. The fraction of sp³-hybridized carbons (Fsp3) is 1.00. The van der Waals surface area contributed by atoms with Gasteiger partial charge in [-0.1, -0.05) is 20.8 Å². The van der Waals surface area contributed by atoms with Gasteiger partial charge in [-0.15, -0.1) is 4.89 Å². The number of hydrogen-bond acceptors (Lipinski definition) is 3. The highest BCUT2D eigenvalue weighted by atomic mass is 32.2. The van der Waals surface area contributed by atoms with E-state index in [-0.39, 0.29) is 5.04 Å². The third kappa shape index (κ3) is 3.77. The van der Waals surface area contributed by atoms with Crippen molar-refractivity contribution >= 4 is 19.6 Å². The lowest BCUT2D eigenvalue weighted by atomic mass is 10.2. The molecule has 0 heterocycles. The van der Waals surface area contributed by atoms with Gasteiger partial charge in [0.15, 0.2) is 0 Å². The van der Waals surface area contributed by atoms with Crippen molar-refractivity contribution in [3.8, 4) is 0 Å². The molecule has 1 atom stereocenters. The first-order valence-corrected chi connectivity index (χ1v) is 7.68. The van der Waals surface area contributed by atoms with Crippen LogP contribution in [-0.4, -0.2) is 17.1 Å². The molecule has 6 heteroatoms. The van der Waals surface area contributed by atoms with Gasteiger partial charge in [-0.2, -0.15) is 0 Å². The molecule has 0 aromatic heterocycles. The van der Waals surface area contributed by atoms with Gasteiger partial charge in [0.05, 0.1) is 0 Å². The summed E-state index contributed by atoms with van der Waals surface area (Å²) in [6, 6.07) is 0. The van der Waals surface area contributed by atoms with Gasteiger partial charge >= 0.3 is 0 Å². The second-order valence-corrected chi connectivity index (χ2v) is 9.54. The summed E-state index contributed by atoms with van der Waals surface area (Å²) in [5, 5.41) is 0.0133. The standard InChI is InChI=1S/C6H17NO3SSi/c1-6(2,3)12(4,5)10-7-11(8)9/h7H,1-5H3,(H,8,9)/p-1. The third-order valence-electron chi connectivity index (χ3n) is 2.17. The topological polar surface area (TPSA) is 61.4 Å². The van der Waals surface area contributed by atoms with Gasteiger partial charge in [-0.05, 0) is 18.1 Å². The summed E-state index contributed by atoms with van der Waals surface area (Å²) in [4.78, 5) is 1.97. The minimum atomic E-state index is -2.33. The van der Waals surface area contributed by atoms with Crippen LogP contribution in [0, 0.1) is 0 Å². The molecule has 4 nitrogen and oxygen atoms in total. The molecular formula is C6H16NO3SSi-. The Labute approximate surface area is 77.2 Å². The lowest BCUT2D eigenvalue weighted by Crippen LogP contribution is -2.45. The van der Waals surface area contributed by atoms with E-state index >= 15 is 0 Å². The van der Waals surface area contributed by atoms with E-state index in [0.29, 0.717) is 0 Å². The molecule has 0 radical (unpaired) electrons. The summed E-state index contributed by atoms with van der Waals surface area (Å²) in [5.41, 5.74) is 0. The van der Waals surface area contributed by atoms with Crippen LogP contribution < -0.4 is 4.89 Å². The van der Waals surface area contributed by atoms with Gasteiger partial charge in [0.1, 0.15) is 0 Å². The molecule has 0 aromatic rings. The molecule has 0 aliphatic carbocycles. The average molecular weight is 210 g/mol. The van der Waals surface area contributed by atoms with Crippen molar-refractivity contribution in [2.75, 3.05) is 0 Å². The molecule has 0 spiro atoms. The second kappa shape index (κ2) is 3.97.